The summed E-state index contributed by atoms with van der Waals surface area (Å²) in [5, 5.41) is 8.84. The molecule has 3 heteroatoms. The number of aliphatic hydroxyl groups excluding tert-OH is 1. The molecule has 1 atom stereocenters. The van der Waals surface area contributed by atoms with Crippen molar-refractivity contribution in [1.82, 2.24) is 0 Å². The van der Waals surface area contributed by atoms with E-state index in [9.17, 15) is 0 Å². The van der Waals surface area contributed by atoms with Gasteiger partial charge in [0, 0.05) is 0 Å². The third-order valence-electron chi connectivity index (χ3n) is 1.78. The topological polar surface area (TPSA) is 41.5 Å². The van der Waals surface area contributed by atoms with Gasteiger partial charge in [-0.15, -0.1) is 0 Å². The van der Waals surface area contributed by atoms with E-state index >= 15 is 0 Å². The molecule has 0 radical (unpaired) electrons. The molecule has 0 unspecified atom stereocenters. The van der Waals surface area contributed by atoms with Gasteiger partial charge in [0.25, 0.3) is 0 Å². The summed E-state index contributed by atoms with van der Waals surface area (Å²) in [6.07, 6.45) is 0.649. The van der Waals surface area contributed by atoms with E-state index in [4.69, 9.17) is 9.94 Å². The van der Waals surface area contributed by atoms with E-state index in [-0.39, 0.29) is 12.7 Å². The maximum absolute atomic E-state index is 8.84. The molecule has 0 saturated carbocycles. The van der Waals surface area contributed by atoms with Crippen LogP contribution in [0, 0.1) is 0 Å². The maximum atomic E-state index is 8.84. The fourth-order valence-electron chi connectivity index (χ4n) is 0.907. The molecule has 2 N–H and O–H groups in total. The average Bonchev–Trinajstić information content (AvgIpc) is 2.21. The third kappa shape index (κ3) is 3.44. The van der Waals surface area contributed by atoms with E-state index in [1.165, 1.54) is 0 Å². The number of benzene rings is 1. The van der Waals surface area contributed by atoms with E-state index in [0.717, 1.165) is 12.1 Å². The zero-order valence-corrected chi connectivity index (χ0v) is 7.73. The summed E-state index contributed by atoms with van der Waals surface area (Å²) >= 11 is 0. The molecule has 0 aliphatic carbocycles. The van der Waals surface area contributed by atoms with Crippen LogP contribution in [-0.4, -0.2) is 17.8 Å². The van der Waals surface area contributed by atoms with Gasteiger partial charge in [-0.2, -0.15) is 0 Å². The molecule has 72 valence electrons. The fraction of sp³-hybridized carbons (Fsp3) is 0.400. The number of para-hydroxylation sites is 1. The molecule has 0 bridgehead atoms. The normalized spacial score (nSPS) is 12.5. The first-order chi connectivity index (χ1) is 6.36. The van der Waals surface area contributed by atoms with Gasteiger partial charge in [-0.05, 0) is 18.6 Å². The first-order valence-corrected chi connectivity index (χ1v) is 4.44. The minimum atomic E-state index is -0.139. The Bertz CT molecular complexity index is 222. The van der Waals surface area contributed by atoms with Crippen LogP contribution < -0.4 is 5.48 Å². The highest BCUT2D eigenvalue weighted by Crippen LogP contribution is 2.06. The van der Waals surface area contributed by atoms with Crippen molar-refractivity contribution in [2.75, 3.05) is 12.1 Å². The third-order valence-corrected chi connectivity index (χ3v) is 1.78. The number of aliphatic hydroxyl groups is 1. The SMILES string of the molecule is CC[C@@H](CO)ONc1ccccc1. The van der Waals surface area contributed by atoms with Crippen molar-refractivity contribution >= 4 is 5.69 Å². The lowest BCUT2D eigenvalue weighted by atomic mass is 10.3. The molecule has 0 aliphatic heterocycles. The van der Waals surface area contributed by atoms with Crippen molar-refractivity contribution in [3.8, 4) is 0 Å². The Morgan fingerprint density at radius 3 is 2.62 bits per heavy atom. The Morgan fingerprint density at radius 1 is 1.38 bits per heavy atom. The van der Waals surface area contributed by atoms with Gasteiger partial charge >= 0.3 is 0 Å². The lowest BCUT2D eigenvalue weighted by Crippen LogP contribution is -2.19. The van der Waals surface area contributed by atoms with E-state index < -0.39 is 0 Å². The molecular weight excluding hydrogens is 166 g/mol. The summed E-state index contributed by atoms with van der Waals surface area (Å²) in [5.41, 5.74) is 3.68. The largest absolute Gasteiger partial charge is 0.394 e. The van der Waals surface area contributed by atoms with Gasteiger partial charge in [0.2, 0.25) is 0 Å². The van der Waals surface area contributed by atoms with Crippen LogP contribution in [-0.2, 0) is 4.84 Å². The van der Waals surface area contributed by atoms with Gasteiger partial charge in [0.1, 0.15) is 6.10 Å². The number of hydrogen-bond acceptors (Lipinski definition) is 3. The minimum Gasteiger partial charge on any atom is -0.394 e. The van der Waals surface area contributed by atoms with Crippen molar-refractivity contribution in [2.45, 2.75) is 19.4 Å². The molecule has 3 nitrogen and oxygen atoms in total. The zero-order valence-electron chi connectivity index (χ0n) is 7.73. The smallest absolute Gasteiger partial charge is 0.108 e. The summed E-state index contributed by atoms with van der Waals surface area (Å²) in [4.78, 5) is 5.23. The first kappa shape index (κ1) is 10.0. The molecule has 1 aromatic rings. The maximum Gasteiger partial charge on any atom is 0.108 e. The number of nitrogens with one attached hydrogen (secondary N) is 1. The molecule has 1 aromatic carbocycles. The molecule has 0 saturated heterocycles. The lowest BCUT2D eigenvalue weighted by Gasteiger charge is -2.13. The molecule has 0 fully saturated rings. The average molecular weight is 181 g/mol. The van der Waals surface area contributed by atoms with E-state index in [1.54, 1.807) is 0 Å². The Labute approximate surface area is 78.3 Å². The quantitative estimate of drug-likeness (QED) is 0.680. The van der Waals surface area contributed by atoms with Crippen molar-refractivity contribution < 1.29 is 9.94 Å². The fourth-order valence-corrected chi connectivity index (χ4v) is 0.907. The van der Waals surface area contributed by atoms with Crippen LogP contribution in [0.2, 0.25) is 0 Å². The number of hydrogen-bond donors (Lipinski definition) is 2. The van der Waals surface area contributed by atoms with E-state index in [2.05, 4.69) is 5.48 Å². The first-order valence-electron chi connectivity index (χ1n) is 4.44. The molecule has 0 aliphatic rings. The zero-order chi connectivity index (χ0) is 9.52. The Morgan fingerprint density at radius 2 is 2.08 bits per heavy atom. The van der Waals surface area contributed by atoms with Crippen molar-refractivity contribution in [3.63, 3.8) is 0 Å². The molecule has 1 rings (SSSR count). The van der Waals surface area contributed by atoms with Crippen molar-refractivity contribution in [3.05, 3.63) is 30.3 Å². The lowest BCUT2D eigenvalue weighted by molar-refractivity contribution is 0.0448. The summed E-state index contributed by atoms with van der Waals surface area (Å²) in [7, 11) is 0. The van der Waals surface area contributed by atoms with Gasteiger partial charge in [0.15, 0.2) is 0 Å². The number of anilines is 1. The highest BCUT2D eigenvalue weighted by Gasteiger charge is 2.03. The van der Waals surface area contributed by atoms with Crippen molar-refractivity contribution in [2.24, 2.45) is 0 Å². The second kappa shape index (κ2) is 5.56. The Kier molecular flexibility index (Phi) is 4.29. The number of rotatable bonds is 5. The summed E-state index contributed by atoms with van der Waals surface area (Å²) < 4.78 is 0. The molecule has 0 aromatic heterocycles. The van der Waals surface area contributed by atoms with E-state index in [0.29, 0.717) is 0 Å². The standard InChI is InChI=1S/C10H15NO2/c1-2-10(8-12)13-11-9-6-4-3-5-7-9/h3-7,10-12H,2,8H2,1H3/t10-/m0/s1. The molecule has 0 spiro atoms. The minimum absolute atomic E-state index is 0.0380. The highest BCUT2D eigenvalue weighted by molar-refractivity contribution is 5.39. The van der Waals surface area contributed by atoms with Crippen molar-refractivity contribution in [1.29, 1.82) is 0 Å². The van der Waals surface area contributed by atoms with Crippen LogP contribution in [0.5, 0.6) is 0 Å². The van der Waals surface area contributed by atoms with Gasteiger partial charge in [-0.3, -0.25) is 10.3 Å². The van der Waals surface area contributed by atoms with Gasteiger partial charge in [0.05, 0.1) is 12.3 Å². The van der Waals surface area contributed by atoms with Gasteiger partial charge in [-0.1, -0.05) is 25.1 Å². The Hall–Kier alpha value is -1.06. The van der Waals surface area contributed by atoms with Gasteiger partial charge in [-0.25, -0.2) is 0 Å². The van der Waals surface area contributed by atoms with E-state index in [1.807, 2.05) is 37.3 Å². The van der Waals surface area contributed by atoms with Crippen LogP contribution in [0.25, 0.3) is 0 Å². The second-order valence-corrected chi connectivity index (χ2v) is 2.80. The van der Waals surface area contributed by atoms with Crippen LogP contribution in [0.4, 0.5) is 5.69 Å². The predicted octanol–water partition coefficient (Wildman–Crippen LogP) is 1.80. The second-order valence-electron chi connectivity index (χ2n) is 2.80. The van der Waals surface area contributed by atoms with Crippen LogP contribution >= 0.6 is 0 Å². The highest BCUT2D eigenvalue weighted by atomic mass is 16.7. The molecular formula is C10H15NO2. The molecule has 0 heterocycles. The monoisotopic (exact) mass is 181 g/mol. The summed E-state index contributed by atoms with van der Waals surface area (Å²) in [5.74, 6) is 0. The van der Waals surface area contributed by atoms with Gasteiger partial charge < -0.3 is 5.11 Å². The predicted molar refractivity (Wildman–Crippen MR) is 52.3 cm³/mol. The molecule has 13 heavy (non-hydrogen) atoms. The summed E-state index contributed by atoms with van der Waals surface area (Å²) in [6, 6.07) is 9.60. The summed E-state index contributed by atoms with van der Waals surface area (Å²) in [6.45, 7) is 2.00. The van der Waals surface area contributed by atoms with Crippen LogP contribution in [0.1, 0.15) is 13.3 Å². The molecule has 0 amide bonds. The Balaban J connectivity index is 2.34. The van der Waals surface area contributed by atoms with Crippen LogP contribution in [0.3, 0.4) is 0 Å². The van der Waals surface area contributed by atoms with Crippen LogP contribution in [0.15, 0.2) is 30.3 Å².